The molecule has 0 bridgehead atoms. The molecule has 1 N–H and O–H groups in total. The Morgan fingerprint density at radius 2 is 1.90 bits per heavy atom. The lowest BCUT2D eigenvalue weighted by molar-refractivity contribution is -0.122. The number of benzene rings is 1. The van der Waals surface area contributed by atoms with Gasteiger partial charge in [0.15, 0.2) is 0 Å². The summed E-state index contributed by atoms with van der Waals surface area (Å²) in [5, 5.41) is 3.21. The van der Waals surface area contributed by atoms with E-state index in [1.165, 1.54) is 31.2 Å². The fourth-order valence-electron chi connectivity index (χ4n) is 3.01. The largest absolute Gasteiger partial charge is 0.348 e. The van der Waals surface area contributed by atoms with Crippen molar-refractivity contribution in [3.05, 3.63) is 35.9 Å². The second-order valence-electron chi connectivity index (χ2n) is 6.15. The minimum absolute atomic E-state index is 0.0834. The molecule has 1 aromatic rings. The lowest BCUT2D eigenvalue weighted by Crippen LogP contribution is -2.35. The predicted molar refractivity (Wildman–Crippen MR) is 82.5 cm³/mol. The molecule has 1 amide bonds. The van der Waals surface area contributed by atoms with Crippen molar-refractivity contribution in [2.75, 3.05) is 20.6 Å². The highest BCUT2D eigenvalue weighted by atomic mass is 16.1. The van der Waals surface area contributed by atoms with Crippen LogP contribution in [0.1, 0.15) is 43.7 Å². The van der Waals surface area contributed by atoms with E-state index in [1.54, 1.807) is 0 Å². The normalized spacial score (nSPS) is 17.4. The van der Waals surface area contributed by atoms with Crippen molar-refractivity contribution in [1.29, 1.82) is 0 Å². The number of nitrogens with zero attached hydrogens (tertiary/aromatic N) is 1. The Kier molecular flexibility index (Phi) is 5.60. The zero-order valence-corrected chi connectivity index (χ0v) is 12.6. The molecule has 0 aromatic heterocycles. The van der Waals surface area contributed by atoms with Gasteiger partial charge >= 0.3 is 0 Å². The van der Waals surface area contributed by atoms with Gasteiger partial charge in [-0.25, -0.2) is 0 Å². The Balaban J connectivity index is 1.94. The number of carbonyl (C=O) groups excluding carboxylic acids is 1. The summed E-state index contributed by atoms with van der Waals surface area (Å²) in [6.45, 7) is 0.834. The topological polar surface area (TPSA) is 32.3 Å². The van der Waals surface area contributed by atoms with Gasteiger partial charge in [0.25, 0.3) is 0 Å². The third-order valence-electron chi connectivity index (χ3n) is 4.03. The third-order valence-corrected chi connectivity index (χ3v) is 4.03. The zero-order chi connectivity index (χ0) is 14.4. The maximum absolute atomic E-state index is 12.2. The molecular weight excluding hydrogens is 248 g/mol. The Labute approximate surface area is 122 Å². The first-order chi connectivity index (χ1) is 9.65. The molecule has 1 saturated carbocycles. The molecule has 20 heavy (non-hydrogen) atoms. The molecule has 0 radical (unpaired) electrons. The Morgan fingerprint density at radius 1 is 1.25 bits per heavy atom. The Bertz CT molecular complexity index is 410. The molecule has 110 valence electrons. The zero-order valence-electron chi connectivity index (χ0n) is 12.6. The maximum atomic E-state index is 12.2. The third kappa shape index (κ3) is 4.64. The molecule has 3 heteroatoms. The van der Waals surface area contributed by atoms with Crippen LogP contribution in [0.5, 0.6) is 0 Å². The molecular formula is C17H26N2O. The van der Waals surface area contributed by atoms with Gasteiger partial charge in [-0.15, -0.1) is 0 Å². The van der Waals surface area contributed by atoms with Crippen molar-refractivity contribution in [1.82, 2.24) is 10.2 Å². The van der Waals surface area contributed by atoms with E-state index < -0.39 is 0 Å². The molecule has 1 fully saturated rings. The van der Waals surface area contributed by atoms with Gasteiger partial charge in [-0.1, -0.05) is 43.2 Å². The maximum Gasteiger partial charge on any atom is 0.220 e. The fraction of sp³-hybridized carbons (Fsp3) is 0.588. The summed E-state index contributed by atoms with van der Waals surface area (Å²) in [6.07, 6.45) is 5.71. The summed E-state index contributed by atoms with van der Waals surface area (Å²) in [6, 6.07) is 10.3. The first-order valence-electron chi connectivity index (χ1n) is 7.64. The van der Waals surface area contributed by atoms with Crippen molar-refractivity contribution in [2.45, 2.75) is 38.1 Å². The van der Waals surface area contributed by atoms with Gasteiger partial charge in [0, 0.05) is 13.0 Å². The van der Waals surface area contributed by atoms with E-state index in [0.717, 1.165) is 6.54 Å². The SMILES string of the molecule is CN(C)C[C@@H](NC(=O)CC1CCCC1)c1ccccc1. The van der Waals surface area contributed by atoms with Gasteiger partial charge in [-0.3, -0.25) is 4.79 Å². The Morgan fingerprint density at radius 3 is 2.50 bits per heavy atom. The van der Waals surface area contributed by atoms with Crippen LogP contribution in [-0.2, 0) is 4.79 Å². The molecule has 1 aromatic carbocycles. The van der Waals surface area contributed by atoms with Crippen LogP contribution in [0.2, 0.25) is 0 Å². The highest BCUT2D eigenvalue weighted by Crippen LogP contribution is 2.27. The lowest BCUT2D eigenvalue weighted by atomic mass is 10.0. The molecule has 1 aliphatic carbocycles. The monoisotopic (exact) mass is 274 g/mol. The second kappa shape index (κ2) is 7.44. The van der Waals surface area contributed by atoms with Crippen LogP contribution in [0.4, 0.5) is 0 Å². The van der Waals surface area contributed by atoms with E-state index in [0.29, 0.717) is 12.3 Å². The number of rotatable bonds is 6. The highest BCUT2D eigenvalue weighted by molar-refractivity contribution is 5.76. The molecule has 0 heterocycles. The van der Waals surface area contributed by atoms with Gasteiger partial charge in [0.05, 0.1) is 6.04 Å². The fourth-order valence-corrected chi connectivity index (χ4v) is 3.01. The molecule has 0 unspecified atom stereocenters. The summed E-state index contributed by atoms with van der Waals surface area (Å²) >= 11 is 0. The summed E-state index contributed by atoms with van der Waals surface area (Å²) in [5.41, 5.74) is 1.18. The molecule has 0 aliphatic heterocycles. The average molecular weight is 274 g/mol. The first-order valence-corrected chi connectivity index (χ1v) is 7.64. The minimum Gasteiger partial charge on any atom is -0.348 e. The molecule has 0 saturated heterocycles. The van der Waals surface area contributed by atoms with E-state index in [9.17, 15) is 4.79 Å². The van der Waals surface area contributed by atoms with E-state index in [-0.39, 0.29) is 11.9 Å². The predicted octanol–water partition coefficient (Wildman–Crippen LogP) is 2.99. The smallest absolute Gasteiger partial charge is 0.220 e. The number of nitrogens with one attached hydrogen (secondary N) is 1. The average Bonchev–Trinajstić information content (AvgIpc) is 2.91. The lowest BCUT2D eigenvalue weighted by Gasteiger charge is -2.23. The summed E-state index contributed by atoms with van der Waals surface area (Å²) in [7, 11) is 4.08. The molecule has 1 aliphatic rings. The van der Waals surface area contributed by atoms with Crippen LogP contribution in [0.25, 0.3) is 0 Å². The molecule has 1 atom stereocenters. The van der Waals surface area contributed by atoms with Crippen LogP contribution < -0.4 is 5.32 Å². The molecule has 0 spiro atoms. The van der Waals surface area contributed by atoms with Crippen molar-refractivity contribution < 1.29 is 4.79 Å². The van der Waals surface area contributed by atoms with Crippen molar-refractivity contribution in [2.24, 2.45) is 5.92 Å². The standard InChI is InChI=1S/C17H26N2O/c1-19(2)13-16(15-10-4-3-5-11-15)18-17(20)12-14-8-6-7-9-14/h3-5,10-11,14,16H,6-9,12-13H2,1-2H3,(H,18,20)/t16-/m1/s1. The van der Waals surface area contributed by atoms with Crippen LogP contribution in [0.3, 0.4) is 0 Å². The Hall–Kier alpha value is -1.35. The quantitative estimate of drug-likeness (QED) is 0.865. The molecule has 3 nitrogen and oxygen atoms in total. The van der Waals surface area contributed by atoms with E-state index in [2.05, 4.69) is 22.3 Å². The van der Waals surface area contributed by atoms with Gasteiger partial charge in [0.2, 0.25) is 5.91 Å². The number of likely N-dealkylation sites (N-methyl/N-ethyl adjacent to an activating group) is 1. The number of hydrogen-bond donors (Lipinski definition) is 1. The number of amides is 1. The second-order valence-corrected chi connectivity index (χ2v) is 6.15. The van der Waals surface area contributed by atoms with Crippen molar-refractivity contribution in [3.8, 4) is 0 Å². The van der Waals surface area contributed by atoms with E-state index in [1.807, 2.05) is 32.3 Å². The van der Waals surface area contributed by atoms with Crippen LogP contribution in [0.15, 0.2) is 30.3 Å². The summed E-state index contributed by atoms with van der Waals surface area (Å²) < 4.78 is 0. The van der Waals surface area contributed by atoms with Crippen LogP contribution >= 0.6 is 0 Å². The summed E-state index contributed by atoms with van der Waals surface area (Å²) in [4.78, 5) is 14.4. The summed E-state index contributed by atoms with van der Waals surface area (Å²) in [5.74, 6) is 0.804. The van der Waals surface area contributed by atoms with Gasteiger partial charge in [-0.2, -0.15) is 0 Å². The van der Waals surface area contributed by atoms with Gasteiger partial charge in [0.1, 0.15) is 0 Å². The van der Waals surface area contributed by atoms with Gasteiger partial charge in [-0.05, 0) is 38.4 Å². The minimum atomic E-state index is 0.0834. The van der Waals surface area contributed by atoms with Crippen molar-refractivity contribution in [3.63, 3.8) is 0 Å². The highest BCUT2D eigenvalue weighted by Gasteiger charge is 2.21. The van der Waals surface area contributed by atoms with E-state index >= 15 is 0 Å². The van der Waals surface area contributed by atoms with Gasteiger partial charge < -0.3 is 10.2 Å². The van der Waals surface area contributed by atoms with Crippen LogP contribution in [-0.4, -0.2) is 31.4 Å². The van der Waals surface area contributed by atoms with Crippen molar-refractivity contribution >= 4 is 5.91 Å². The number of carbonyl (C=O) groups is 1. The number of hydrogen-bond acceptors (Lipinski definition) is 2. The van der Waals surface area contributed by atoms with Crippen LogP contribution in [0, 0.1) is 5.92 Å². The molecule has 2 rings (SSSR count). The first kappa shape index (κ1) is 15.0. The van der Waals surface area contributed by atoms with E-state index in [4.69, 9.17) is 0 Å².